The highest BCUT2D eigenvalue weighted by Crippen LogP contribution is 2.23. The molecule has 1 amide bonds. The van der Waals surface area contributed by atoms with Gasteiger partial charge in [0.1, 0.15) is 24.4 Å². The summed E-state index contributed by atoms with van der Waals surface area (Å²) in [6, 6.07) is -0.809. The summed E-state index contributed by atoms with van der Waals surface area (Å²) in [4.78, 5) is 25.1. The third-order valence-electron chi connectivity index (χ3n) is 16.7. The average Bonchev–Trinajstić information content (AvgIpc) is 3.63. The van der Waals surface area contributed by atoms with Crippen LogP contribution in [0.3, 0.4) is 0 Å². The van der Waals surface area contributed by atoms with Gasteiger partial charge in [0.2, 0.25) is 5.91 Å². The molecular formula is C71H133NO10. The van der Waals surface area contributed by atoms with Crippen LogP contribution in [0.2, 0.25) is 0 Å². The zero-order valence-electron chi connectivity index (χ0n) is 53.5. The Hall–Kier alpha value is -2.12. The molecule has 0 aliphatic carbocycles. The summed E-state index contributed by atoms with van der Waals surface area (Å²) in [5, 5.41) is 54.3. The fourth-order valence-electron chi connectivity index (χ4n) is 11.1. The minimum absolute atomic E-state index is 0.00363. The number of aliphatic hydroxyl groups is 5. The zero-order valence-corrected chi connectivity index (χ0v) is 53.5. The van der Waals surface area contributed by atoms with Crippen molar-refractivity contribution < 1.29 is 49.3 Å². The molecule has 11 nitrogen and oxygen atoms in total. The van der Waals surface area contributed by atoms with Gasteiger partial charge < -0.3 is 45.1 Å². The van der Waals surface area contributed by atoms with Crippen molar-refractivity contribution in [3.05, 3.63) is 36.5 Å². The predicted octanol–water partition coefficient (Wildman–Crippen LogP) is 17.8. The molecule has 482 valence electrons. The van der Waals surface area contributed by atoms with Crippen LogP contribution in [0.1, 0.15) is 341 Å². The molecule has 82 heavy (non-hydrogen) atoms. The highest BCUT2D eigenvalue weighted by atomic mass is 16.7. The standard InChI is InChI=1S/C71H133NO10/c1-3-5-7-9-11-13-14-15-16-29-33-36-39-43-47-51-55-59-67(76)80-60-56-52-48-44-40-37-34-31-28-26-24-22-20-18-17-19-21-23-25-27-30-32-35-38-42-46-50-54-58-66(75)72-63(64(74)57-53-49-45-41-12-10-8-6-4-2)62-81-71-70(79)69(78)68(77)65(61-73)82-71/h15-18,53,57,63-65,68-71,73-74,77-79H,3-14,19-52,54-56,58-62H2,1-2H3,(H,72,75)/b16-15-,18-17-,57-53+. The largest absolute Gasteiger partial charge is 0.466 e. The molecule has 7 atom stereocenters. The number of unbranched alkanes of at least 4 members (excludes halogenated alkanes) is 44. The van der Waals surface area contributed by atoms with Crippen LogP contribution in [0.25, 0.3) is 0 Å². The van der Waals surface area contributed by atoms with Gasteiger partial charge in [-0.05, 0) is 83.5 Å². The van der Waals surface area contributed by atoms with E-state index in [1.54, 1.807) is 6.08 Å². The first-order chi connectivity index (χ1) is 40.2. The van der Waals surface area contributed by atoms with Crippen molar-refractivity contribution in [2.45, 2.75) is 384 Å². The first-order valence-corrected chi connectivity index (χ1v) is 35.3. The summed E-state index contributed by atoms with van der Waals surface area (Å²) >= 11 is 0. The Bertz CT molecular complexity index is 1460. The van der Waals surface area contributed by atoms with E-state index in [0.717, 1.165) is 57.8 Å². The first kappa shape index (κ1) is 77.9. The number of nitrogens with one attached hydrogen (secondary N) is 1. The molecule has 0 bridgehead atoms. The SMILES string of the molecule is CCCCCCCC/C=C\CCCCCCCCCC(=O)OCCCCCCCCCCCCCC/C=C\CCCCCCCCCCCCCCC(=O)NC(COC1OC(CO)C(O)C(O)C1O)C(O)/C=C/CCCCCCCCC. The van der Waals surface area contributed by atoms with Crippen LogP contribution in [0.15, 0.2) is 36.5 Å². The van der Waals surface area contributed by atoms with Gasteiger partial charge in [0.05, 0.1) is 32.0 Å². The number of rotatable bonds is 62. The van der Waals surface area contributed by atoms with Crippen LogP contribution in [-0.4, -0.2) is 100 Å². The fourth-order valence-corrected chi connectivity index (χ4v) is 11.1. The lowest BCUT2D eigenvalue weighted by Crippen LogP contribution is -2.60. The van der Waals surface area contributed by atoms with Crippen LogP contribution in [0, 0.1) is 0 Å². The predicted molar refractivity (Wildman–Crippen MR) is 343 cm³/mol. The summed E-state index contributed by atoms with van der Waals surface area (Å²) in [5.74, 6) is -0.179. The summed E-state index contributed by atoms with van der Waals surface area (Å²) in [6.45, 7) is 4.34. The topological polar surface area (TPSA) is 175 Å². The number of amides is 1. The third kappa shape index (κ3) is 49.0. The normalized spacial score (nSPS) is 18.4. The number of hydrogen-bond acceptors (Lipinski definition) is 10. The fraction of sp³-hybridized carbons (Fsp3) is 0.887. The van der Waals surface area contributed by atoms with Gasteiger partial charge in [0, 0.05) is 12.8 Å². The zero-order chi connectivity index (χ0) is 59.5. The molecule has 1 heterocycles. The first-order valence-electron chi connectivity index (χ1n) is 35.3. The van der Waals surface area contributed by atoms with Crippen LogP contribution in [0.5, 0.6) is 0 Å². The second kappa shape index (κ2) is 60.6. The molecule has 1 aliphatic rings. The maximum absolute atomic E-state index is 13.0. The van der Waals surface area contributed by atoms with Crippen molar-refractivity contribution >= 4 is 11.9 Å². The molecule has 11 heteroatoms. The van der Waals surface area contributed by atoms with Crippen molar-refractivity contribution in [1.82, 2.24) is 5.32 Å². The molecule has 1 rings (SSSR count). The van der Waals surface area contributed by atoms with E-state index < -0.39 is 49.5 Å². The Labute approximate surface area is 504 Å². The van der Waals surface area contributed by atoms with Crippen molar-refractivity contribution in [2.75, 3.05) is 19.8 Å². The van der Waals surface area contributed by atoms with E-state index in [0.29, 0.717) is 19.4 Å². The van der Waals surface area contributed by atoms with Crippen LogP contribution >= 0.6 is 0 Å². The molecule has 1 fully saturated rings. The average molecular weight is 1160 g/mol. The lowest BCUT2D eigenvalue weighted by molar-refractivity contribution is -0.302. The molecule has 0 radical (unpaired) electrons. The summed E-state index contributed by atoms with van der Waals surface area (Å²) in [7, 11) is 0. The molecule has 0 aromatic carbocycles. The van der Waals surface area contributed by atoms with Gasteiger partial charge in [-0.2, -0.15) is 0 Å². The van der Waals surface area contributed by atoms with Gasteiger partial charge in [-0.25, -0.2) is 0 Å². The van der Waals surface area contributed by atoms with E-state index >= 15 is 0 Å². The van der Waals surface area contributed by atoms with Gasteiger partial charge in [0.15, 0.2) is 6.29 Å². The number of esters is 1. The molecule has 1 saturated heterocycles. The Morgan fingerprint density at radius 1 is 0.439 bits per heavy atom. The molecule has 0 spiro atoms. The molecule has 6 N–H and O–H groups in total. The van der Waals surface area contributed by atoms with E-state index in [9.17, 15) is 35.1 Å². The van der Waals surface area contributed by atoms with Crippen molar-refractivity contribution in [1.29, 1.82) is 0 Å². The smallest absolute Gasteiger partial charge is 0.305 e. The molecule has 7 unspecified atom stereocenters. The third-order valence-corrected chi connectivity index (χ3v) is 16.7. The van der Waals surface area contributed by atoms with Gasteiger partial charge in [-0.15, -0.1) is 0 Å². The van der Waals surface area contributed by atoms with Crippen molar-refractivity contribution in [2.24, 2.45) is 0 Å². The van der Waals surface area contributed by atoms with Gasteiger partial charge >= 0.3 is 5.97 Å². The maximum Gasteiger partial charge on any atom is 0.305 e. The number of carbonyl (C=O) groups is 2. The number of allylic oxidation sites excluding steroid dienone is 5. The van der Waals surface area contributed by atoms with Crippen molar-refractivity contribution in [3.8, 4) is 0 Å². The second-order valence-electron chi connectivity index (χ2n) is 24.6. The van der Waals surface area contributed by atoms with E-state index in [1.165, 1.54) is 257 Å². The number of ether oxygens (including phenoxy) is 3. The quantitative estimate of drug-likeness (QED) is 0.0195. The Morgan fingerprint density at radius 2 is 0.780 bits per heavy atom. The molecule has 0 aromatic heterocycles. The Morgan fingerprint density at radius 3 is 1.17 bits per heavy atom. The van der Waals surface area contributed by atoms with Crippen LogP contribution < -0.4 is 5.32 Å². The van der Waals surface area contributed by atoms with Crippen LogP contribution in [-0.2, 0) is 23.8 Å². The number of carbonyl (C=O) groups excluding carboxylic acids is 2. The van der Waals surface area contributed by atoms with E-state index in [1.807, 2.05) is 6.08 Å². The lowest BCUT2D eigenvalue weighted by atomic mass is 9.99. The summed E-state index contributed by atoms with van der Waals surface area (Å²) in [6.07, 6.45) is 67.2. The van der Waals surface area contributed by atoms with E-state index in [4.69, 9.17) is 14.2 Å². The monoisotopic (exact) mass is 1160 g/mol. The minimum atomic E-state index is -1.57. The Balaban J connectivity index is 1.92. The van der Waals surface area contributed by atoms with Crippen molar-refractivity contribution in [3.63, 3.8) is 0 Å². The maximum atomic E-state index is 13.0. The van der Waals surface area contributed by atoms with Crippen LogP contribution in [0.4, 0.5) is 0 Å². The number of hydrogen-bond donors (Lipinski definition) is 6. The summed E-state index contributed by atoms with van der Waals surface area (Å²) < 4.78 is 16.7. The van der Waals surface area contributed by atoms with E-state index in [2.05, 4.69) is 43.5 Å². The second-order valence-corrected chi connectivity index (χ2v) is 24.6. The molecule has 0 saturated carbocycles. The molecule has 1 aliphatic heterocycles. The Kier molecular flexibility index (Phi) is 57.5. The van der Waals surface area contributed by atoms with Gasteiger partial charge in [0.25, 0.3) is 0 Å². The van der Waals surface area contributed by atoms with Gasteiger partial charge in [-0.1, -0.05) is 281 Å². The molecule has 0 aromatic rings. The molecular weight excluding hydrogens is 1030 g/mol. The highest BCUT2D eigenvalue weighted by molar-refractivity contribution is 5.76. The van der Waals surface area contributed by atoms with Gasteiger partial charge in [-0.3, -0.25) is 9.59 Å². The summed E-state index contributed by atoms with van der Waals surface area (Å²) in [5.41, 5.74) is 0. The highest BCUT2D eigenvalue weighted by Gasteiger charge is 2.44. The van der Waals surface area contributed by atoms with E-state index in [-0.39, 0.29) is 18.5 Å². The minimum Gasteiger partial charge on any atom is -0.466 e. The number of aliphatic hydroxyl groups excluding tert-OH is 5. The lowest BCUT2D eigenvalue weighted by Gasteiger charge is -2.40.